The number of carbonyl (C=O) groups excluding carboxylic acids is 2. The van der Waals surface area contributed by atoms with Gasteiger partial charge in [0.2, 0.25) is 11.8 Å². The third-order valence-electron chi connectivity index (χ3n) is 5.52. The Morgan fingerprint density at radius 1 is 0.857 bits per heavy atom. The largest absolute Gasteiger partial charge is 0.355 e. The Morgan fingerprint density at radius 2 is 1.50 bits per heavy atom. The van der Waals surface area contributed by atoms with E-state index in [4.69, 9.17) is 11.6 Å². The lowest BCUT2D eigenvalue weighted by atomic mass is 10.1. The molecule has 0 aromatic heterocycles. The predicted octanol–water partition coefficient (Wildman–Crippen LogP) is 1.63. The van der Waals surface area contributed by atoms with Gasteiger partial charge >= 0.3 is 0 Å². The highest BCUT2D eigenvalue weighted by molar-refractivity contribution is 6.30. The standard InChI is InChI=1S/C21H31ClN4O2/c22-19-6-4-18(5-7-19)8-9-23-20(27)16-24-10-3-11-25(15-14-24)17-21(28)26-12-1-2-13-26/h4-7H,1-3,8-17H2,(H,23,27). The fraction of sp³-hybridized carbons (Fsp3) is 0.619. The van der Waals surface area contributed by atoms with Gasteiger partial charge in [-0.1, -0.05) is 23.7 Å². The van der Waals surface area contributed by atoms with Gasteiger partial charge in [0.15, 0.2) is 0 Å². The van der Waals surface area contributed by atoms with Crippen LogP contribution in [0.5, 0.6) is 0 Å². The van der Waals surface area contributed by atoms with Crippen LogP contribution in [0.1, 0.15) is 24.8 Å². The summed E-state index contributed by atoms with van der Waals surface area (Å²) in [4.78, 5) is 31.0. The van der Waals surface area contributed by atoms with E-state index in [1.54, 1.807) is 0 Å². The number of amides is 2. The van der Waals surface area contributed by atoms with Crippen LogP contribution in [0.2, 0.25) is 5.02 Å². The lowest BCUT2D eigenvalue weighted by Crippen LogP contribution is -2.42. The van der Waals surface area contributed by atoms with Crippen LogP contribution in [0.25, 0.3) is 0 Å². The molecule has 0 bridgehead atoms. The first-order valence-electron chi connectivity index (χ1n) is 10.3. The van der Waals surface area contributed by atoms with Crippen molar-refractivity contribution in [3.05, 3.63) is 34.9 Å². The molecule has 2 aliphatic rings. The van der Waals surface area contributed by atoms with Crippen LogP contribution >= 0.6 is 11.6 Å². The van der Waals surface area contributed by atoms with E-state index in [0.29, 0.717) is 19.6 Å². The van der Waals surface area contributed by atoms with E-state index in [0.717, 1.165) is 75.5 Å². The minimum Gasteiger partial charge on any atom is -0.355 e. The number of nitrogens with zero attached hydrogens (tertiary/aromatic N) is 3. The minimum absolute atomic E-state index is 0.0653. The summed E-state index contributed by atoms with van der Waals surface area (Å²) in [5.74, 6) is 0.321. The lowest BCUT2D eigenvalue weighted by molar-refractivity contribution is -0.131. The highest BCUT2D eigenvalue weighted by Crippen LogP contribution is 2.10. The summed E-state index contributed by atoms with van der Waals surface area (Å²) in [7, 11) is 0. The number of nitrogens with one attached hydrogen (secondary N) is 1. The molecule has 28 heavy (non-hydrogen) atoms. The molecule has 0 aliphatic carbocycles. The highest BCUT2D eigenvalue weighted by atomic mass is 35.5. The van der Waals surface area contributed by atoms with Crippen LogP contribution in [-0.4, -0.2) is 85.4 Å². The van der Waals surface area contributed by atoms with Crippen molar-refractivity contribution in [1.29, 1.82) is 0 Å². The topological polar surface area (TPSA) is 55.9 Å². The molecule has 0 unspecified atom stereocenters. The summed E-state index contributed by atoms with van der Waals surface area (Å²) in [6.07, 6.45) is 4.06. The van der Waals surface area contributed by atoms with Crippen LogP contribution in [0.3, 0.4) is 0 Å². The van der Waals surface area contributed by atoms with Crippen LogP contribution in [0.15, 0.2) is 24.3 Å². The van der Waals surface area contributed by atoms with E-state index in [9.17, 15) is 9.59 Å². The van der Waals surface area contributed by atoms with E-state index in [-0.39, 0.29) is 11.8 Å². The van der Waals surface area contributed by atoms with Crippen LogP contribution < -0.4 is 5.32 Å². The van der Waals surface area contributed by atoms with Gasteiger partial charge in [-0.05, 0) is 56.5 Å². The maximum absolute atomic E-state index is 12.3. The Labute approximate surface area is 172 Å². The lowest BCUT2D eigenvalue weighted by Gasteiger charge is -2.23. The first kappa shape index (κ1) is 21.1. The predicted molar refractivity (Wildman–Crippen MR) is 111 cm³/mol. The molecule has 6 nitrogen and oxygen atoms in total. The zero-order valence-corrected chi connectivity index (χ0v) is 17.3. The van der Waals surface area contributed by atoms with Gasteiger partial charge < -0.3 is 10.2 Å². The molecule has 1 aromatic carbocycles. The van der Waals surface area contributed by atoms with Crippen LogP contribution in [0, 0.1) is 0 Å². The molecule has 2 amide bonds. The SMILES string of the molecule is O=C(CN1CCCN(CC(=O)N2CCCC2)CC1)NCCc1ccc(Cl)cc1. The van der Waals surface area contributed by atoms with E-state index >= 15 is 0 Å². The summed E-state index contributed by atoms with van der Waals surface area (Å²) in [5, 5.41) is 3.73. The highest BCUT2D eigenvalue weighted by Gasteiger charge is 2.22. The fourth-order valence-corrected chi connectivity index (χ4v) is 3.98. The van der Waals surface area contributed by atoms with Crippen molar-refractivity contribution in [2.45, 2.75) is 25.7 Å². The van der Waals surface area contributed by atoms with E-state index in [1.165, 1.54) is 0 Å². The average molecular weight is 407 g/mol. The van der Waals surface area contributed by atoms with Crippen molar-refractivity contribution >= 4 is 23.4 Å². The maximum atomic E-state index is 12.3. The second kappa shape index (κ2) is 10.8. The molecule has 1 aromatic rings. The van der Waals surface area contributed by atoms with E-state index < -0.39 is 0 Å². The maximum Gasteiger partial charge on any atom is 0.236 e. The zero-order valence-electron chi connectivity index (χ0n) is 16.5. The molecule has 2 saturated heterocycles. The fourth-order valence-electron chi connectivity index (χ4n) is 3.85. The zero-order chi connectivity index (χ0) is 19.8. The van der Waals surface area contributed by atoms with Gasteiger partial charge in [0.05, 0.1) is 13.1 Å². The number of benzene rings is 1. The molecule has 7 heteroatoms. The Balaban J connectivity index is 1.33. The first-order chi connectivity index (χ1) is 13.6. The van der Waals surface area contributed by atoms with Gasteiger partial charge in [0, 0.05) is 37.7 Å². The Bertz CT molecular complexity index is 646. The van der Waals surface area contributed by atoms with Crippen molar-refractivity contribution in [3.8, 4) is 0 Å². The van der Waals surface area contributed by atoms with Crippen molar-refractivity contribution in [2.24, 2.45) is 0 Å². The second-order valence-corrected chi connectivity index (χ2v) is 8.16. The number of rotatable bonds is 7. The normalized spacial score (nSPS) is 18.8. The number of carbonyl (C=O) groups is 2. The molecule has 0 radical (unpaired) electrons. The average Bonchev–Trinajstić information content (AvgIpc) is 3.14. The van der Waals surface area contributed by atoms with Crippen molar-refractivity contribution in [2.75, 3.05) is 58.9 Å². The molecule has 0 spiro atoms. The summed E-state index contributed by atoms with van der Waals surface area (Å²) >= 11 is 5.89. The van der Waals surface area contributed by atoms with Gasteiger partial charge in [0.1, 0.15) is 0 Å². The molecule has 154 valence electrons. The third kappa shape index (κ3) is 6.76. The Kier molecular flexibility index (Phi) is 8.13. The summed E-state index contributed by atoms with van der Waals surface area (Å²) < 4.78 is 0. The van der Waals surface area contributed by atoms with E-state index in [2.05, 4.69) is 15.1 Å². The smallest absolute Gasteiger partial charge is 0.236 e. The molecule has 2 heterocycles. The Morgan fingerprint density at radius 3 is 2.18 bits per heavy atom. The van der Waals surface area contributed by atoms with Gasteiger partial charge in [-0.15, -0.1) is 0 Å². The molecule has 0 saturated carbocycles. The monoisotopic (exact) mass is 406 g/mol. The Hall–Kier alpha value is -1.63. The van der Waals surface area contributed by atoms with Crippen LogP contribution in [0.4, 0.5) is 0 Å². The number of hydrogen-bond donors (Lipinski definition) is 1. The van der Waals surface area contributed by atoms with Gasteiger partial charge in [-0.25, -0.2) is 0 Å². The number of hydrogen-bond acceptors (Lipinski definition) is 4. The van der Waals surface area contributed by atoms with Gasteiger partial charge in [-0.2, -0.15) is 0 Å². The molecule has 0 atom stereocenters. The minimum atomic E-state index is 0.0653. The summed E-state index contributed by atoms with van der Waals surface area (Å²) in [5.41, 5.74) is 1.16. The number of likely N-dealkylation sites (tertiary alicyclic amines) is 1. The second-order valence-electron chi connectivity index (χ2n) is 7.72. The van der Waals surface area contributed by atoms with E-state index in [1.807, 2.05) is 29.2 Å². The van der Waals surface area contributed by atoms with Gasteiger partial charge in [0.25, 0.3) is 0 Å². The van der Waals surface area contributed by atoms with Crippen molar-refractivity contribution < 1.29 is 9.59 Å². The molecule has 2 aliphatic heterocycles. The molecule has 2 fully saturated rings. The van der Waals surface area contributed by atoms with Crippen molar-refractivity contribution in [1.82, 2.24) is 20.0 Å². The van der Waals surface area contributed by atoms with Gasteiger partial charge in [-0.3, -0.25) is 19.4 Å². The van der Waals surface area contributed by atoms with Crippen LogP contribution in [-0.2, 0) is 16.0 Å². The molecular formula is C21H31ClN4O2. The number of halogens is 1. The molecule has 3 rings (SSSR count). The van der Waals surface area contributed by atoms with Crippen molar-refractivity contribution in [3.63, 3.8) is 0 Å². The first-order valence-corrected chi connectivity index (χ1v) is 10.7. The quantitative estimate of drug-likeness (QED) is 0.747. The molecule has 1 N–H and O–H groups in total. The molecular weight excluding hydrogens is 376 g/mol. The summed E-state index contributed by atoms with van der Waals surface area (Å²) in [6.45, 7) is 6.90. The summed E-state index contributed by atoms with van der Waals surface area (Å²) in [6, 6.07) is 7.72. The third-order valence-corrected chi connectivity index (χ3v) is 5.77.